The summed E-state index contributed by atoms with van der Waals surface area (Å²) in [5.41, 5.74) is 0. The maximum atomic E-state index is 13.2. The van der Waals surface area contributed by atoms with E-state index in [2.05, 4.69) is 38.2 Å². The molecule has 3 atom stereocenters. The van der Waals surface area contributed by atoms with Gasteiger partial charge in [0.05, 0.1) is 25.2 Å². The molecule has 0 heterocycles. The summed E-state index contributed by atoms with van der Waals surface area (Å²) in [4.78, 5) is 26.2. The van der Waals surface area contributed by atoms with E-state index in [1.807, 2.05) is 0 Å². The SMILES string of the molecule is CCCCCCCCC/C=C/CCCCCC(CC(=O)NC(CO)C(O)CCCCCCCCCCCCCCC)OC(=O)CCCCCCCCCCCCCCCCCCCC. The Morgan fingerprint density at radius 3 is 1.12 bits per heavy atom. The maximum Gasteiger partial charge on any atom is 0.306 e. The molecule has 0 spiro atoms. The largest absolute Gasteiger partial charge is 0.462 e. The summed E-state index contributed by atoms with van der Waals surface area (Å²) in [7, 11) is 0. The lowest BCUT2D eigenvalue weighted by Crippen LogP contribution is -2.46. The van der Waals surface area contributed by atoms with Crippen LogP contribution in [0.4, 0.5) is 0 Å². The van der Waals surface area contributed by atoms with E-state index in [0.717, 1.165) is 57.8 Å². The molecule has 0 rings (SSSR count). The van der Waals surface area contributed by atoms with Crippen molar-refractivity contribution in [3.8, 4) is 0 Å². The van der Waals surface area contributed by atoms with Crippen LogP contribution in [0.15, 0.2) is 12.2 Å². The quantitative estimate of drug-likeness (QED) is 0.0321. The number of aliphatic hydroxyl groups is 2. The van der Waals surface area contributed by atoms with Crippen LogP contribution in [0.5, 0.6) is 0 Å². The summed E-state index contributed by atoms with van der Waals surface area (Å²) in [6.07, 6.45) is 59.9. The Morgan fingerprint density at radius 1 is 0.438 bits per heavy atom. The first-order chi connectivity index (χ1) is 31.5. The summed E-state index contributed by atoms with van der Waals surface area (Å²) in [6.45, 7) is 6.52. The molecular weight excluding hydrogens is 791 g/mol. The van der Waals surface area contributed by atoms with Crippen LogP contribution in [0.25, 0.3) is 0 Å². The molecule has 0 saturated carbocycles. The first-order valence-electron chi connectivity index (χ1n) is 28.9. The summed E-state index contributed by atoms with van der Waals surface area (Å²) in [6, 6.07) is -0.700. The number of carbonyl (C=O) groups excluding carboxylic acids is 2. The van der Waals surface area contributed by atoms with E-state index in [1.165, 1.54) is 218 Å². The normalized spacial score (nSPS) is 13.1. The number of ether oxygens (including phenoxy) is 1. The van der Waals surface area contributed by atoms with Gasteiger partial charge in [-0.25, -0.2) is 0 Å². The lowest BCUT2D eigenvalue weighted by molar-refractivity contribution is -0.151. The van der Waals surface area contributed by atoms with Gasteiger partial charge in [0, 0.05) is 6.42 Å². The molecule has 1 amide bonds. The number of esters is 1. The summed E-state index contributed by atoms with van der Waals surface area (Å²) < 4.78 is 5.96. The maximum absolute atomic E-state index is 13.2. The van der Waals surface area contributed by atoms with Gasteiger partial charge in [-0.3, -0.25) is 9.59 Å². The first kappa shape index (κ1) is 62.6. The average molecular weight is 905 g/mol. The molecule has 0 fully saturated rings. The molecule has 0 aromatic carbocycles. The van der Waals surface area contributed by atoms with Gasteiger partial charge in [0.15, 0.2) is 0 Å². The van der Waals surface area contributed by atoms with Crippen LogP contribution in [0.1, 0.15) is 323 Å². The molecule has 0 saturated heterocycles. The second-order valence-corrected chi connectivity index (χ2v) is 20.1. The Bertz CT molecular complexity index is 970. The van der Waals surface area contributed by atoms with E-state index in [4.69, 9.17) is 4.74 Å². The minimum Gasteiger partial charge on any atom is -0.462 e. The van der Waals surface area contributed by atoms with Gasteiger partial charge in [0.2, 0.25) is 5.91 Å². The molecule has 6 nitrogen and oxygen atoms in total. The van der Waals surface area contributed by atoms with E-state index >= 15 is 0 Å². The van der Waals surface area contributed by atoms with Crippen molar-refractivity contribution in [3.05, 3.63) is 12.2 Å². The van der Waals surface area contributed by atoms with Crippen molar-refractivity contribution in [2.75, 3.05) is 6.61 Å². The Kier molecular flexibility index (Phi) is 51.4. The molecule has 0 radical (unpaired) electrons. The fourth-order valence-electron chi connectivity index (χ4n) is 9.19. The van der Waals surface area contributed by atoms with Gasteiger partial charge in [-0.05, 0) is 51.4 Å². The van der Waals surface area contributed by atoms with Crippen LogP contribution in [0.3, 0.4) is 0 Å². The third-order valence-electron chi connectivity index (χ3n) is 13.6. The first-order valence-corrected chi connectivity index (χ1v) is 28.9. The zero-order valence-corrected chi connectivity index (χ0v) is 43.4. The van der Waals surface area contributed by atoms with E-state index in [0.29, 0.717) is 19.3 Å². The average Bonchev–Trinajstić information content (AvgIpc) is 3.29. The number of amides is 1. The minimum absolute atomic E-state index is 0.0746. The van der Waals surface area contributed by atoms with Crippen molar-refractivity contribution < 1.29 is 24.5 Å². The zero-order chi connectivity index (χ0) is 46.7. The molecule has 0 aliphatic carbocycles. The minimum atomic E-state index is -0.786. The third-order valence-corrected chi connectivity index (χ3v) is 13.6. The fraction of sp³-hybridized carbons (Fsp3) is 0.931. The molecule has 380 valence electrons. The molecule has 64 heavy (non-hydrogen) atoms. The zero-order valence-electron chi connectivity index (χ0n) is 43.4. The highest BCUT2D eigenvalue weighted by Gasteiger charge is 2.24. The monoisotopic (exact) mass is 904 g/mol. The van der Waals surface area contributed by atoms with Crippen LogP contribution in [-0.2, 0) is 14.3 Å². The van der Waals surface area contributed by atoms with Gasteiger partial charge in [0.1, 0.15) is 6.10 Å². The topological polar surface area (TPSA) is 95.9 Å². The fourth-order valence-corrected chi connectivity index (χ4v) is 9.19. The van der Waals surface area contributed by atoms with Gasteiger partial charge in [-0.1, -0.05) is 270 Å². The third kappa shape index (κ3) is 47.1. The molecule has 3 N–H and O–H groups in total. The van der Waals surface area contributed by atoms with Gasteiger partial charge in [-0.2, -0.15) is 0 Å². The molecule has 0 aromatic heterocycles. The van der Waals surface area contributed by atoms with Gasteiger partial charge < -0.3 is 20.3 Å². The van der Waals surface area contributed by atoms with Crippen molar-refractivity contribution in [2.24, 2.45) is 0 Å². The molecule has 0 aliphatic rings. The number of nitrogens with one attached hydrogen (secondary N) is 1. The van der Waals surface area contributed by atoms with Gasteiger partial charge >= 0.3 is 5.97 Å². The number of rotatable bonds is 53. The van der Waals surface area contributed by atoms with Crippen molar-refractivity contribution in [3.63, 3.8) is 0 Å². The van der Waals surface area contributed by atoms with Crippen LogP contribution in [0, 0.1) is 0 Å². The van der Waals surface area contributed by atoms with Gasteiger partial charge in [0.25, 0.3) is 0 Å². The lowest BCUT2D eigenvalue weighted by Gasteiger charge is -2.24. The van der Waals surface area contributed by atoms with Crippen LogP contribution >= 0.6 is 0 Å². The number of aliphatic hydroxyl groups excluding tert-OH is 2. The van der Waals surface area contributed by atoms with Crippen LogP contribution < -0.4 is 5.32 Å². The highest BCUT2D eigenvalue weighted by molar-refractivity contribution is 5.77. The summed E-state index contributed by atoms with van der Waals surface area (Å²) in [5.74, 6) is -0.466. The highest BCUT2D eigenvalue weighted by atomic mass is 16.5. The Hall–Kier alpha value is -1.40. The molecule has 3 unspecified atom stereocenters. The number of hydrogen-bond donors (Lipinski definition) is 3. The summed E-state index contributed by atoms with van der Waals surface area (Å²) in [5, 5.41) is 23.8. The number of carbonyl (C=O) groups is 2. The molecular formula is C58H113NO5. The standard InChI is InChI=1S/C58H113NO5/c1-4-7-10-13-16-19-22-25-27-28-29-30-33-36-39-42-45-48-51-58(63)64-54(49-46-43-40-37-34-32-26-23-20-17-14-11-8-5-2)52-57(62)59-55(53-60)56(61)50-47-44-41-38-35-31-24-21-18-15-12-9-6-3/h32,34,54-56,60-61H,4-31,33,35-53H2,1-3H3,(H,59,62)/b34-32+. The lowest BCUT2D eigenvalue weighted by atomic mass is 10.0. The second kappa shape index (κ2) is 52.6. The number of unbranched alkanes of at least 4 members (excludes halogenated alkanes) is 39. The van der Waals surface area contributed by atoms with E-state index in [9.17, 15) is 19.8 Å². The Balaban J connectivity index is 4.50. The van der Waals surface area contributed by atoms with Crippen molar-refractivity contribution in [1.82, 2.24) is 5.32 Å². The number of hydrogen-bond acceptors (Lipinski definition) is 5. The molecule has 0 aromatic rings. The van der Waals surface area contributed by atoms with Crippen molar-refractivity contribution in [2.45, 2.75) is 341 Å². The smallest absolute Gasteiger partial charge is 0.306 e. The van der Waals surface area contributed by atoms with Crippen molar-refractivity contribution in [1.29, 1.82) is 0 Å². The molecule has 0 aliphatic heterocycles. The molecule has 0 bridgehead atoms. The van der Waals surface area contributed by atoms with Gasteiger partial charge in [-0.15, -0.1) is 0 Å². The van der Waals surface area contributed by atoms with E-state index in [-0.39, 0.29) is 24.9 Å². The highest BCUT2D eigenvalue weighted by Crippen LogP contribution is 2.19. The molecule has 6 heteroatoms. The van der Waals surface area contributed by atoms with E-state index in [1.54, 1.807) is 0 Å². The van der Waals surface area contributed by atoms with E-state index < -0.39 is 18.2 Å². The predicted molar refractivity (Wildman–Crippen MR) is 278 cm³/mol. The van der Waals surface area contributed by atoms with Crippen LogP contribution in [-0.4, -0.2) is 46.9 Å². The predicted octanol–water partition coefficient (Wildman–Crippen LogP) is 17.7. The Labute approximate surface area is 399 Å². The summed E-state index contributed by atoms with van der Waals surface area (Å²) >= 11 is 0. The van der Waals surface area contributed by atoms with Crippen LogP contribution in [0.2, 0.25) is 0 Å². The second-order valence-electron chi connectivity index (χ2n) is 20.1. The van der Waals surface area contributed by atoms with Crippen molar-refractivity contribution >= 4 is 11.9 Å². The Morgan fingerprint density at radius 2 is 0.750 bits per heavy atom. The number of allylic oxidation sites excluding steroid dienone is 2.